The number of carboxylic acid groups (broad SMARTS) is 1. The molecule has 0 spiro atoms. The highest BCUT2D eigenvalue weighted by molar-refractivity contribution is 6.34. The van der Waals surface area contributed by atoms with Gasteiger partial charge in [-0.05, 0) is 25.1 Å². The smallest absolute Gasteiger partial charge is 0.339 e. The summed E-state index contributed by atoms with van der Waals surface area (Å²) < 4.78 is 15.7. The molecule has 8 heteroatoms. The number of carbonyl (C=O) groups is 2. The van der Waals surface area contributed by atoms with Gasteiger partial charge in [-0.1, -0.05) is 17.7 Å². The van der Waals surface area contributed by atoms with Crippen LogP contribution in [-0.2, 0) is 4.79 Å². The molecule has 0 radical (unpaired) electrons. The van der Waals surface area contributed by atoms with Gasteiger partial charge in [0.15, 0.2) is 6.10 Å². The number of hydrogen-bond donors (Lipinski definition) is 2. The summed E-state index contributed by atoms with van der Waals surface area (Å²) in [5.74, 6) is -0.487. The van der Waals surface area contributed by atoms with Gasteiger partial charge in [-0.2, -0.15) is 0 Å². The van der Waals surface area contributed by atoms with E-state index in [0.717, 1.165) is 0 Å². The molecule has 2 rings (SSSR count). The Hall–Kier alpha value is -2.93. The third-order valence-corrected chi connectivity index (χ3v) is 3.81. The lowest BCUT2D eigenvalue weighted by Gasteiger charge is -2.16. The van der Waals surface area contributed by atoms with Crippen molar-refractivity contribution in [3.8, 4) is 17.2 Å². The molecule has 0 bridgehead atoms. The van der Waals surface area contributed by atoms with E-state index in [4.69, 9.17) is 30.9 Å². The maximum absolute atomic E-state index is 12.4. The molecule has 0 aliphatic rings. The number of carbonyl (C=O) groups excluding carboxylic acids is 1. The Morgan fingerprint density at radius 3 is 2.42 bits per heavy atom. The maximum Gasteiger partial charge on any atom is 0.339 e. The Morgan fingerprint density at radius 1 is 1.12 bits per heavy atom. The summed E-state index contributed by atoms with van der Waals surface area (Å²) in [6.45, 7) is 1.57. The number of anilines is 1. The van der Waals surface area contributed by atoms with E-state index in [0.29, 0.717) is 11.5 Å². The van der Waals surface area contributed by atoms with Crippen molar-refractivity contribution >= 4 is 29.2 Å². The van der Waals surface area contributed by atoms with Gasteiger partial charge in [-0.15, -0.1) is 0 Å². The molecule has 0 aliphatic carbocycles. The minimum absolute atomic E-state index is 0.0742. The molecule has 0 heterocycles. The maximum atomic E-state index is 12.4. The topological polar surface area (TPSA) is 94.1 Å². The van der Waals surface area contributed by atoms with E-state index in [1.165, 1.54) is 26.4 Å². The number of halogens is 1. The largest absolute Gasteiger partial charge is 0.497 e. The highest BCUT2D eigenvalue weighted by Gasteiger charge is 2.20. The van der Waals surface area contributed by atoms with Crippen molar-refractivity contribution in [3.63, 3.8) is 0 Å². The number of methoxy groups -OCH3 is 2. The van der Waals surface area contributed by atoms with Crippen LogP contribution in [0.25, 0.3) is 0 Å². The Labute approximate surface area is 155 Å². The van der Waals surface area contributed by atoms with Gasteiger partial charge >= 0.3 is 5.97 Å². The summed E-state index contributed by atoms with van der Waals surface area (Å²) in [4.78, 5) is 23.5. The first-order chi connectivity index (χ1) is 12.3. The predicted molar refractivity (Wildman–Crippen MR) is 96.7 cm³/mol. The van der Waals surface area contributed by atoms with Crippen molar-refractivity contribution in [1.29, 1.82) is 0 Å². The molecule has 1 unspecified atom stereocenters. The van der Waals surface area contributed by atoms with Crippen molar-refractivity contribution in [2.45, 2.75) is 13.0 Å². The van der Waals surface area contributed by atoms with E-state index in [1.807, 2.05) is 0 Å². The summed E-state index contributed by atoms with van der Waals surface area (Å²) in [5.41, 5.74) is 0.121. The van der Waals surface area contributed by atoms with E-state index in [1.54, 1.807) is 31.2 Å². The van der Waals surface area contributed by atoms with Crippen LogP contribution in [0.15, 0.2) is 36.4 Å². The summed E-state index contributed by atoms with van der Waals surface area (Å²) in [6.07, 6.45) is -0.830. The monoisotopic (exact) mass is 379 g/mol. The van der Waals surface area contributed by atoms with E-state index >= 15 is 0 Å². The minimum atomic E-state index is -1.18. The molecule has 0 saturated carbocycles. The second-order valence-corrected chi connectivity index (χ2v) is 5.67. The lowest BCUT2D eigenvalue weighted by molar-refractivity contribution is -0.122. The number of aromatic carboxylic acids is 1. The number of amides is 1. The van der Waals surface area contributed by atoms with Gasteiger partial charge in [0.2, 0.25) is 0 Å². The Bertz CT molecular complexity index is 823. The molecule has 1 amide bonds. The first-order valence-corrected chi connectivity index (χ1v) is 7.96. The molecule has 0 saturated heterocycles. The van der Waals surface area contributed by atoms with Gasteiger partial charge in [-0.25, -0.2) is 4.79 Å². The van der Waals surface area contributed by atoms with Crippen molar-refractivity contribution in [1.82, 2.24) is 0 Å². The summed E-state index contributed by atoms with van der Waals surface area (Å²) in [5, 5.41) is 11.8. The van der Waals surface area contributed by atoms with Crippen molar-refractivity contribution < 1.29 is 28.9 Å². The van der Waals surface area contributed by atoms with Gasteiger partial charge in [-0.3, -0.25) is 4.79 Å². The van der Waals surface area contributed by atoms with Gasteiger partial charge in [0.1, 0.15) is 22.8 Å². The summed E-state index contributed by atoms with van der Waals surface area (Å²) >= 11 is 6.06. The molecule has 138 valence electrons. The van der Waals surface area contributed by atoms with Crippen LogP contribution in [0, 0.1) is 0 Å². The number of rotatable bonds is 7. The van der Waals surface area contributed by atoms with Crippen molar-refractivity contribution in [2.75, 3.05) is 19.5 Å². The van der Waals surface area contributed by atoms with Crippen LogP contribution in [0.4, 0.5) is 5.69 Å². The Morgan fingerprint density at radius 2 is 1.81 bits per heavy atom. The van der Waals surface area contributed by atoms with Crippen LogP contribution in [-0.4, -0.2) is 37.3 Å². The van der Waals surface area contributed by atoms with Crippen LogP contribution in [0.1, 0.15) is 17.3 Å². The lowest BCUT2D eigenvalue weighted by Crippen LogP contribution is -2.30. The van der Waals surface area contributed by atoms with Crippen LogP contribution >= 0.6 is 11.6 Å². The fourth-order valence-electron chi connectivity index (χ4n) is 2.15. The quantitative estimate of drug-likeness (QED) is 0.765. The molecule has 0 aromatic heterocycles. The second kappa shape index (κ2) is 8.44. The molecule has 2 N–H and O–H groups in total. The molecule has 0 fully saturated rings. The molecule has 26 heavy (non-hydrogen) atoms. The standard InChI is InChI=1S/C18H18ClNO6/c1-10(26-12-6-4-5-11(7-12)24-2)17(21)20-15-9-16(25-3)13(18(22)23)8-14(15)19/h4-10H,1-3H3,(H,20,21)(H,22,23). The molecular formula is C18H18ClNO6. The first-order valence-electron chi connectivity index (χ1n) is 7.58. The predicted octanol–water partition coefficient (Wildman–Crippen LogP) is 3.46. The number of nitrogens with one attached hydrogen (secondary N) is 1. The number of ether oxygens (including phenoxy) is 3. The number of carboxylic acids is 1. The van der Waals surface area contributed by atoms with Gasteiger partial charge in [0.05, 0.1) is 24.9 Å². The minimum Gasteiger partial charge on any atom is -0.497 e. The van der Waals surface area contributed by atoms with E-state index < -0.39 is 18.0 Å². The summed E-state index contributed by atoms with van der Waals surface area (Å²) in [6, 6.07) is 9.41. The fourth-order valence-corrected chi connectivity index (χ4v) is 2.36. The SMILES string of the molecule is COc1cccc(OC(C)C(=O)Nc2cc(OC)c(C(=O)O)cc2Cl)c1. The number of hydrogen-bond acceptors (Lipinski definition) is 5. The van der Waals surface area contributed by atoms with Crippen molar-refractivity contribution in [3.05, 3.63) is 47.0 Å². The third-order valence-electron chi connectivity index (χ3n) is 3.50. The molecule has 0 aliphatic heterocycles. The fraction of sp³-hybridized carbons (Fsp3) is 0.222. The molecule has 2 aromatic rings. The van der Waals surface area contributed by atoms with Crippen LogP contribution < -0.4 is 19.5 Å². The van der Waals surface area contributed by atoms with Gasteiger partial charge in [0.25, 0.3) is 5.91 Å². The van der Waals surface area contributed by atoms with E-state index in [2.05, 4.69) is 5.32 Å². The molecular weight excluding hydrogens is 362 g/mol. The average molecular weight is 380 g/mol. The van der Waals surface area contributed by atoms with Gasteiger partial charge in [0, 0.05) is 12.1 Å². The van der Waals surface area contributed by atoms with Crippen molar-refractivity contribution in [2.24, 2.45) is 0 Å². The normalized spacial score (nSPS) is 11.4. The Kier molecular flexibility index (Phi) is 6.30. The zero-order chi connectivity index (χ0) is 19.3. The zero-order valence-corrected chi connectivity index (χ0v) is 15.2. The number of benzene rings is 2. The second-order valence-electron chi connectivity index (χ2n) is 5.27. The highest BCUT2D eigenvalue weighted by Crippen LogP contribution is 2.31. The van der Waals surface area contributed by atoms with Gasteiger partial charge < -0.3 is 24.6 Å². The first kappa shape index (κ1) is 19.4. The lowest BCUT2D eigenvalue weighted by atomic mass is 10.1. The van der Waals surface area contributed by atoms with E-state index in [9.17, 15) is 9.59 Å². The zero-order valence-electron chi connectivity index (χ0n) is 14.4. The van der Waals surface area contributed by atoms with Crippen LogP contribution in [0.3, 0.4) is 0 Å². The average Bonchev–Trinajstić information content (AvgIpc) is 2.62. The summed E-state index contributed by atoms with van der Waals surface area (Å²) in [7, 11) is 2.86. The van der Waals surface area contributed by atoms with E-state index in [-0.39, 0.29) is 22.0 Å². The molecule has 2 aromatic carbocycles. The van der Waals surface area contributed by atoms with Crippen LogP contribution in [0.2, 0.25) is 5.02 Å². The molecule has 1 atom stereocenters. The third kappa shape index (κ3) is 4.58. The van der Waals surface area contributed by atoms with Crippen LogP contribution in [0.5, 0.6) is 17.2 Å². The Balaban J connectivity index is 2.14. The molecule has 7 nitrogen and oxygen atoms in total. The highest BCUT2D eigenvalue weighted by atomic mass is 35.5.